The molecule has 0 fully saturated rings. The van der Waals surface area contributed by atoms with Crippen LogP contribution in [0, 0.1) is 11.8 Å². The maximum atomic E-state index is 13.5. The summed E-state index contributed by atoms with van der Waals surface area (Å²) in [5, 5.41) is 11.2. The number of carbonyl (C=O) groups excluding carboxylic acids is 2. The van der Waals surface area contributed by atoms with E-state index in [0.29, 0.717) is 5.56 Å². The van der Waals surface area contributed by atoms with Gasteiger partial charge in [0.1, 0.15) is 11.5 Å². The molecule has 4 rings (SSSR count). The fourth-order valence-corrected chi connectivity index (χ4v) is 5.38. The molecule has 4 unspecified atom stereocenters. The van der Waals surface area contributed by atoms with Crippen LogP contribution >= 0.6 is 0 Å². The summed E-state index contributed by atoms with van der Waals surface area (Å²) in [6.45, 7) is -0.758. The second-order valence-electron chi connectivity index (χ2n) is 9.25. The van der Waals surface area contributed by atoms with Crippen molar-refractivity contribution in [1.29, 1.82) is 0 Å². The topological polar surface area (TPSA) is 156 Å². The number of aliphatic hydroxyl groups excluding tert-OH is 1. The maximum absolute atomic E-state index is 13.5. The highest BCUT2D eigenvalue weighted by atomic mass is 16.8. The van der Waals surface area contributed by atoms with Crippen molar-refractivity contribution in [2.24, 2.45) is 11.8 Å². The standard InChI is InChI=1S/C28H34O14/c1-32-11-38-20-8-16-19(10-21(20)39-12-33-2)42-28(41-14-35-4)22(40-13-34-3)9-18(29)15-7-17(26(30)36-5)24(27(31)37-6)23(16)25(15)28/h7-10,23-25,29H,11-14H2,1-6H3. The van der Waals surface area contributed by atoms with Crippen molar-refractivity contribution in [3.63, 3.8) is 0 Å². The smallest absolute Gasteiger partial charge is 0.334 e. The summed E-state index contributed by atoms with van der Waals surface area (Å²) in [6.07, 6.45) is 2.68. The number of rotatable bonds is 14. The summed E-state index contributed by atoms with van der Waals surface area (Å²) in [6, 6.07) is 3.13. The molecule has 0 saturated heterocycles. The molecular weight excluding hydrogens is 560 g/mol. The van der Waals surface area contributed by atoms with Crippen LogP contribution < -0.4 is 14.2 Å². The Morgan fingerprint density at radius 3 is 2.05 bits per heavy atom. The van der Waals surface area contributed by atoms with E-state index in [4.69, 9.17) is 52.1 Å². The summed E-state index contributed by atoms with van der Waals surface area (Å²) in [7, 11) is 8.15. The molecule has 2 aliphatic carbocycles. The summed E-state index contributed by atoms with van der Waals surface area (Å²) >= 11 is 0. The highest BCUT2D eigenvalue weighted by Gasteiger charge is 2.64. The molecule has 1 aromatic rings. The first-order chi connectivity index (χ1) is 20.3. The first-order valence-corrected chi connectivity index (χ1v) is 12.7. The Labute approximate surface area is 242 Å². The summed E-state index contributed by atoms with van der Waals surface area (Å²) in [4.78, 5) is 26.6. The molecule has 0 radical (unpaired) electrons. The van der Waals surface area contributed by atoms with Crippen LogP contribution in [0.2, 0.25) is 0 Å². The van der Waals surface area contributed by atoms with E-state index in [1.54, 1.807) is 6.07 Å². The summed E-state index contributed by atoms with van der Waals surface area (Å²) in [5.74, 6) is -6.08. The lowest BCUT2D eigenvalue weighted by Gasteiger charge is -2.52. The maximum Gasteiger partial charge on any atom is 0.334 e. The second kappa shape index (κ2) is 13.4. The van der Waals surface area contributed by atoms with Crippen LogP contribution in [0.25, 0.3) is 0 Å². The van der Waals surface area contributed by atoms with E-state index in [0.717, 1.165) is 0 Å². The van der Waals surface area contributed by atoms with E-state index in [2.05, 4.69) is 0 Å². The first kappa shape index (κ1) is 31.1. The molecule has 0 saturated carbocycles. The first-order valence-electron chi connectivity index (χ1n) is 12.7. The second-order valence-corrected chi connectivity index (χ2v) is 9.25. The van der Waals surface area contributed by atoms with Gasteiger partial charge >= 0.3 is 11.9 Å². The van der Waals surface area contributed by atoms with Gasteiger partial charge in [0, 0.05) is 57.6 Å². The predicted octanol–water partition coefficient (Wildman–Crippen LogP) is 2.29. The van der Waals surface area contributed by atoms with Gasteiger partial charge in [0.15, 0.2) is 44.4 Å². The van der Waals surface area contributed by atoms with Crippen LogP contribution in [0.5, 0.6) is 17.2 Å². The van der Waals surface area contributed by atoms with Crippen molar-refractivity contribution in [2.75, 3.05) is 69.8 Å². The Kier molecular flexibility index (Phi) is 9.96. The fourth-order valence-electron chi connectivity index (χ4n) is 5.38. The molecular formula is C28H34O14. The van der Waals surface area contributed by atoms with Gasteiger partial charge in [0.2, 0.25) is 0 Å². The number of carbonyl (C=O) groups is 2. The zero-order chi connectivity index (χ0) is 30.4. The molecule has 0 amide bonds. The van der Waals surface area contributed by atoms with Crippen molar-refractivity contribution in [3.05, 3.63) is 52.5 Å². The molecule has 14 heteroatoms. The van der Waals surface area contributed by atoms with Crippen LogP contribution in [0.15, 0.2) is 46.9 Å². The molecule has 230 valence electrons. The number of esters is 2. The van der Waals surface area contributed by atoms with Crippen LogP contribution in [-0.4, -0.2) is 92.7 Å². The van der Waals surface area contributed by atoms with Crippen molar-refractivity contribution < 1.29 is 66.8 Å². The van der Waals surface area contributed by atoms with Crippen LogP contribution in [0.1, 0.15) is 11.5 Å². The minimum atomic E-state index is -1.81. The van der Waals surface area contributed by atoms with Gasteiger partial charge in [0.05, 0.1) is 31.6 Å². The number of allylic oxidation sites excluding steroid dienone is 2. The normalized spacial score (nSPS) is 23.9. The monoisotopic (exact) mass is 594 g/mol. The van der Waals surface area contributed by atoms with Crippen molar-refractivity contribution in [2.45, 2.75) is 11.7 Å². The molecule has 1 aromatic carbocycles. The number of methoxy groups -OCH3 is 6. The lowest BCUT2D eigenvalue weighted by Crippen LogP contribution is -2.59. The number of aliphatic hydroxyl groups is 1. The van der Waals surface area contributed by atoms with E-state index < -0.39 is 35.5 Å². The molecule has 1 aliphatic heterocycles. The number of fused-ring (bicyclic) bond motifs is 2. The van der Waals surface area contributed by atoms with E-state index in [1.807, 2.05) is 0 Å². The van der Waals surface area contributed by atoms with Gasteiger partial charge in [-0.05, 0) is 12.1 Å². The third-order valence-corrected chi connectivity index (χ3v) is 6.98. The number of benzene rings is 1. The zero-order valence-electron chi connectivity index (χ0n) is 24.1. The van der Waals surface area contributed by atoms with E-state index in [1.165, 1.54) is 60.9 Å². The SMILES string of the molecule is COCOC1=CC(O)=C2C=C(C(=O)OC)C(C(=O)OC)C3c4cc(OCOC)c(OCOC)cc4OC1(OCOC)C23. The van der Waals surface area contributed by atoms with Crippen molar-refractivity contribution in [1.82, 2.24) is 0 Å². The lowest BCUT2D eigenvalue weighted by atomic mass is 9.60. The van der Waals surface area contributed by atoms with Crippen molar-refractivity contribution in [3.8, 4) is 17.2 Å². The molecule has 4 atom stereocenters. The lowest BCUT2D eigenvalue weighted by molar-refractivity contribution is -0.261. The highest BCUT2D eigenvalue weighted by molar-refractivity contribution is 5.97. The van der Waals surface area contributed by atoms with E-state index in [-0.39, 0.29) is 67.1 Å². The third-order valence-electron chi connectivity index (χ3n) is 6.98. The number of hydrogen-bond acceptors (Lipinski definition) is 14. The Morgan fingerprint density at radius 2 is 1.45 bits per heavy atom. The van der Waals surface area contributed by atoms with Gasteiger partial charge in [-0.3, -0.25) is 4.79 Å². The Bertz CT molecular complexity index is 1270. The van der Waals surface area contributed by atoms with Gasteiger partial charge in [-0.1, -0.05) is 0 Å². The van der Waals surface area contributed by atoms with E-state index in [9.17, 15) is 14.7 Å². The minimum Gasteiger partial charge on any atom is -0.508 e. The van der Waals surface area contributed by atoms with Crippen molar-refractivity contribution >= 4 is 11.9 Å². The molecule has 1 N–H and O–H groups in total. The molecule has 42 heavy (non-hydrogen) atoms. The Morgan fingerprint density at radius 1 is 0.833 bits per heavy atom. The number of ether oxygens (including phenoxy) is 11. The van der Waals surface area contributed by atoms with Crippen LogP contribution in [0.3, 0.4) is 0 Å². The Hall–Kier alpha value is -3.82. The molecule has 0 aromatic heterocycles. The van der Waals surface area contributed by atoms with Gasteiger partial charge in [-0.2, -0.15) is 0 Å². The molecule has 14 nitrogen and oxygen atoms in total. The largest absolute Gasteiger partial charge is 0.508 e. The minimum absolute atomic E-state index is 0.0286. The third kappa shape index (κ3) is 5.51. The average Bonchev–Trinajstić information content (AvgIpc) is 3.01. The molecule has 3 aliphatic rings. The van der Waals surface area contributed by atoms with Gasteiger partial charge < -0.3 is 57.2 Å². The average molecular weight is 595 g/mol. The van der Waals surface area contributed by atoms with Gasteiger partial charge in [0.25, 0.3) is 5.79 Å². The molecule has 0 spiro atoms. The van der Waals surface area contributed by atoms with Gasteiger partial charge in [-0.15, -0.1) is 0 Å². The molecule has 0 bridgehead atoms. The quantitative estimate of drug-likeness (QED) is 0.247. The predicted molar refractivity (Wildman–Crippen MR) is 140 cm³/mol. The van der Waals surface area contributed by atoms with Crippen LogP contribution in [-0.2, 0) is 47.5 Å². The Balaban J connectivity index is 2.07. The fraction of sp³-hybridized carbons (Fsp3) is 0.500. The molecule has 1 heterocycles. The van der Waals surface area contributed by atoms with Crippen LogP contribution in [0.4, 0.5) is 0 Å². The zero-order valence-corrected chi connectivity index (χ0v) is 24.1. The highest BCUT2D eigenvalue weighted by Crippen LogP contribution is 2.61. The number of hydrogen-bond donors (Lipinski definition) is 1. The summed E-state index contributed by atoms with van der Waals surface area (Å²) in [5.41, 5.74) is 0.594. The van der Waals surface area contributed by atoms with Gasteiger partial charge in [-0.25, -0.2) is 4.79 Å². The summed E-state index contributed by atoms with van der Waals surface area (Å²) < 4.78 is 60.9. The van der Waals surface area contributed by atoms with E-state index >= 15 is 0 Å².